The van der Waals surface area contributed by atoms with Gasteiger partial charge < -0.3 is 16.0 Å². The lowest BCUT2D eigenvalue weighted by atomic mass is 9.90. The Bertz CT molecular complexity index is 915. The molecule has 6 nitrogen and oxygen atoms in total. The van der Waals surface area contributed by atoms with E-state index < -0.39 is 11.8 Å². The largest absolute Gasteiger partial charge is 0.383 e. The van der Waals surface area contributed by atoms with Gasteiger partial charge in [-0.05, 0) is 60.6 Å². The number of hydrogen-bond acceptors (Lipinski definition) is 4. The van der Waals surface area contributed by atoms with E-state index in [1.807, 2.05) is 6.92 Å². The number of benzene rings is 1. The Hall–Kier alpha value is -2.31. The predicted octanol–water partition coefficient (Wildman–Crippen LogP) is 4.47. The minimum Gasteiger partial charge on any atom is -0.383 e. The number of nitrogens with two attached hydrogens (primary N) is 1. The molecule has 8 heteroatoms. The van der Waals surface area contributed by atoms with E-state index in [9.17, 15) is 9.59 Å². The van der Waals surface area contributed by atoms with Gasteiger partial charge in [-0.3, -0.25) is 9.59 Å². The summed E-state index contributed by atoms with van der Waals surface area (Å²) in [5, 5.41) is 3.66. The van der Waals surface area contributed by atoms with Crippen LogP contribution < -0.4 is 11.1 Å². The van der Waals surface area contributed by atoms with Crippen molar-refractivity contribution in [2.45, 2.75) is 39.2 Å². The van der Waals surface area contributed by atoms with Crippen LogP contribution in [0.25, 0.3) is 0 Å². The number of nitrogen functional groups attached to an aromatic ring is 1. The van der Waals surface area contributed by atoms with Gasteiger partial charge in [-0.2, -0.15) is 0 Å². The number of pyridine rings is 1. The number of nitrogens with one attached hydrogen (secondary N) is 1. The van der Waals surface area contributed by atoms with E-state index in [0.29, 0.717) is 40.4 Å². The van der Waals surface area contributed by atoms with E-state index in [0.717, 1.165) is 24.0 Å². The molecule has 1 aromatic carbocycles. The quantitative estimate of drug-likeness (QED) is 0.697. The molecule has 2 atom stereocenters. The van der Waals surface area contributed by atoms with Crippen LogP contribution in [0.1, 0.15) is 43.9 Å². The molecular formula is C21H24Cl2N4O2. The van der Waals surface area contributed by atoms with E-state index in [1.165, 1.54) is 6.20 Å². The van der Waals surface area contributed by atoms with E-state index in [2.05, 4.69) is 17.2 Å². The molecule has 29 heavy (non-hydrogen) atoms. The minimum atomic E-state index is -0.703. The van der Waals surface area contributed by atoms with Crippen LogP contribution in [-0.2, 0) is 16.0 Å². The zero-order chi connectivity index (χ0) is 21.1. The summed E-state index contributed by atoms with van der Waals surface area (Å²) in [6.45, 7) is 4.50. The van der Waals surface area contributed by atoms with Crippen molar-refractivity contribution in [1.29, 1.82) is 0 Å². The van der Waals surface area contributed by atoms with Gasteiger partial charge >= 0.3 is 11.8 Å². The fraction of sp³-hybridized carbons (Fsp3) is 0.381. The molecule has 0 bridgehead atoms. The van der Waals surface area contributed by atoms with Crippen LogP contribution in [0.5, 0.6) is 0 Å². The van der Waals surface area contributed by atoms with Gasteiger partial charge in [-0.25, -0.2) is 4.98 Å². The number of rotatable bonds is 3. The van der Waals surface area contributed by atoms with Gasteiger partial charge in [-0.1, -0.05) is 37.0 Å². The topological polar surface area (TPSA) is 88.3 Å². The third-order valence-corrected chi connectivity index (χ3v) is 5.62. The SMILES string of the molecule is CCc1cc(NC(=O)C(=O)N2C[C@H](C)CC[C@H]2c2cc(Cl)cc(Cl)c2)cnc1N. The lowest BCUT2D eigenvalue weighted by Gasteiger charge is -2.38. The molecular weight excluding hydrogens is 411 g/mol. The number of aromatic nitrogens is 1. The highest BCUT2D eigenvalue weighted by Gasteiger charge is 2.34. The van der Waals surface area contributed by atoms with Crippen molar-refractivity contribution in [1.82, 2.24) is 9.88 Å². The van der Waals surface area contributed by atoms with Gasteiger partial charge in [0.15, 0.2) is 0 Å². The lowest BCUT2D eigenvalue weighted by molar-refractivity contribution is -0.146. The first-order valence-corrected chi connectivity index (χ1v) is 10.4. The molecule has 2 amide bonds. The highest BCUT2D eigenvalue weighted by molar-refractivity contribution is 6.39. The first-order valence-electron chi connectivity index (χ1n) is 9.60. The molecule has 2 aromatic rings. The van der Waals surface area contributed by atoms with Crippen molar-refractivity contribution >= 4 is 46.5 Å². The summed E-state index contributed by atoms with van der Waals surface area (Å²) in [5.41, 5.74) is 7.90. The summed E-state index contributed by atoms with van der Waals surface area (Å²) >= 11 is 12.3. The number of carbonyl (C=O) groups excluding carboxylic acids is 2. The van der Waals surface area contributed by atoms with Gasteiger partial charge in [0, 0.05) is 16.6 Å². The Labute approximate surface area is 180 Å². The number of carbonyl (C=O) groups is 2. The summed E-state index contributed by atoms with van der Waals surface area (Å²) in [6, 6.07) is 6.72. The molecule has 0 aliphatic carbocycles. The smallest absolute Gasteiger partial charge is 0.313 e. The molecule has 3 N–H and O–H groups in total. The van der Waals surface area contributed by atoms with E-state index in [1.54, 1.807) is 29.2 Å². The van der Waals surface area contributed by atoms with Gasteiger partial charge in [0.25, 0.3) is 0 Å². The number of anilines is 2. The zero-order valence-corrected chi connectivity index (χ0v) is 17.9. The molecule has 1 fully saturated rings. The summed E-state index contributed by atoms with van der Waals surface area (Å²) in [6.07, 6.45) is 3.81. The molecule has 1 saturated heterocycles. The first kappa shape index (κ1) is 21.4. The highest BCUT2D eigenvalue weighted by Crippen LogP contribution is 2.35. The van der Waals surface area contributed by atoms with Crippen molar-refractivity contribution < 1.29 is 9.59 Å². The van der Waals surface area contributed by atoms with Gasteiger partial charge in [0.2, 0.25) is 0 Å². The van der Waals surface area contributed by atoms with Gasteiger partial charge in [0.1, 0.15) is 5.82 Å². The number of likely N-dealkylation sites (tertiary alicyclic amines) is 1. The normalized spacial score (nSPS) is 19.1. The van der Waals surface area contributed by atoms with Crippen LogP contribution in [0.2, 0.25) is 10.0 Å². The number of aryl methyl sites for hydroxylation is 1. The van der Waals surface area contributed by atoms with Gasteiger partial charge in [0.05, 0.1) is 17.9 Å². The average Bonchev–Trinajstić information content (AvgIpc) is 2.67. The van der Waals surface area contributed by atoms with Crippen molar-refractivity contribution in [2.75, 3.05) is 17.6 Å². The second-order valence-corrected chi connectivity index (χ2v) is 8.31. The maximum absolute atomic E-state index is 13.0. The summed E-state index contributed by atoms with van der Waals surface area (Å²) in [5.74, 6) is -0.583. The van der Waals surface area contributed by atoms with Crippen molar-refractivity contribution in [2.24, 2.45) is 5.92 Å². The molecule has 0 spiro atoms. The fourth-order valence-corrected chi connectivity index (χ4v) is 4.22. The Morgan fingerprint density at radius 1 is 1.21 bits per heavy atom. The Morgan fingerprint density at radius 3 is 2.55 bits per heavy atom. The number of hydrogen-bond donors (Lipinski definition) is 2. The van der Waals surface area contributed by atoms with Crippen LogP contribution in [-0.4, -0.2) is 28.2 Å². The number of amides is 2. The van der Waals surface area contributed by atoms with Crippen LogP contribution in [0.4, 0.5) is 11.5 Å². The van der Waals surface area contributed by atoms with E-state index >= 15 is 0 Å². The first-order chi connectivity index (χ1) is 13.8. The summed E-state index contributed by atoms with van der Waals surface area (Å²) in [7, 11) is 0. The fourth-order valence-electron chi connectivity index (χ4n) is 3.68. The molecule has 0 radical (unpaired) electrons. The second-order valence-electron chi connectivity index (χ2n) is 7.43. The molecule has 154 valence electrons. The molecule has 1 aliphatic rings. The number of nitrogens with zero attached hydrogens (tertiary/aromatic N) is 2. The maximum atomic E-state index is 13.0. The van der Waals surface area contributed by atoms with Crippen molar-refractivity contribution in [3.8, 4) is 0 Å². The van der Waals surface area contributed by atoms with Crippen LogP contribution in [0.3, 0.4) is 0 Å². The number of halogens is 2. The Balaban J connectivity index is 1.82. The molecule has 0 saturated carbocycles. The van der Waals surface area contributed by atoms with Crippen molar-refractivity contribution in [3.63, 3.8) is 0 Å². The van der Waals surface area contributed by atoms with Crippen LogP contribution in [0.15, 0.2) is 30.5 Å². The van der Waals surface area contributed by atoms with E-state index in [4.69, 9.17) is 28.9 Å². The Morgan fingerprint density at radius 2 is 1.90 bits per heavy atom. The maximum Gasteiger partial charge on any atom is 0.313 e. The minimum absolute atomic E-state index is 0.253. The molecule has 1 aliphatic heterocycles. The monoisotopic (exact) mass is 434 g/mol. The average molecular weight is 435 g/mol. The lowest BCUT2D eigenvalue weighted by Crippen LogP contribution is -2.46. The van der Waals surface area contributed by atoms with Gasteiger partial charge in [-0.15, -0.1) is 0 Å². The summed E-state index contributed by atoms with van der Waals surface area (Å²) < 4.78 is 0. The third-order valence-electron chi connectivity index (χ3n) is 5.18. The van der Waals surface area contributed by atoms with E-state index in [-0.39, 0.29) is 6.04 Å². The zero-order valence-electron chi connectivity index (χ0n) is 16.4. The number of piperidine rings is 1. The highest BCUT2D eigenvalue weighted by atomic mass is 35.5. The van der Waals surface area contributed by atoms with Crippen LogP contribution in [0, 0.1) is 5.92 Å². The van der Waals surface area contributed by atoms with Crippen LogP contribution >= 0.6 is 23.2 Å². The molecule has 2 heterocycles. The summed E-state index contributed by atoms with van der Waals surface area (Å²) in [4.78, 5) is 31.4. The molecule has 3 rings (SSSR count). The van der Waals surface area contributed by atoms with Crippen molar-refractivity contribution in [3.05, 3.63) is 51.6 Å². The standard InChI is InChI=1S/C21H24Cl2N4O2/c1-3-13-8-17(10-25-19(13)24)26-20(28)21(29)27-11-12(2)4-5-18(27)14-6-15(22)9-16(23)7-14/h6-10,12,18H,3-5,11H2,1-2H3,(H2,24,25)(H,26,28)/t12-,18+/m1/s1. The predicted molar refractivity (Wildman–Crippen MR) is 116 cm³/mol. The second kappa shape index (κ2) is 9.01. The molecule has 0 unspecified atom stereocenters. The third kappa shape index (κ3) is 5.00. The molecule has 1 aromatic heterocycles. The Kier molecular flexibility index (Phi) is 6.65.